The van der Waals surface area contributed by atoms with Crippen LogP contribution in [-0.2, 0) is 16.0 Å². The highest BCUT2D eigenvalue weighted by Crippen LogP contribution is 2.31. The molecule has 3 aromatic rings. The van der Waals surface area contributed by atoms with E-state index in [4.69, 9.17) is 21.4 Å². The van der Waals surface area contributed by atoms with Crippen molar-refractivity contribution < 1.29 is 24.2 Å². The van der Waals surface area contributed by atoms with Gasteiger partial charge >= 0.3 is 5.97 Å². The largest absolute Gasteiger partial charge is 0.497 e. The number of aromatic nitrogens is 1. The fourth-order valence-electron chi connectivity index (χ4n) is 4.18. The topological polar surface area (TPSA) is 97.6 Å². The van der Waals surface area contributed by atoms with E-state index in [1.165, 1.54) is 0 Å². The lowest BCUT2D eigenvalue weighted by Crippen LogP contribution is -2.26. The van der Waals surface area contributed by atoms with Gasteiger partial charge in [-0.2, -0.15) is 0 Å². The summed E-state index contributed by atoms with van der Waals surface area (Å²) in [4.78, 5) is 36.6. The number of nitrogens with one attached hydrogen (secondary N) is 1. The summed E-state index contributed by atoms with van der Waals surface area (Å²) in [6, 6.07) is 12.2. The number of halogens is 1. The quantitative estimate of drug-likeness (QED) is 0.326. The zero-order chi connectivity index (χ0) is 25.4. The maximum Gasteiger partial charge on any atom is 0.303 e. The molecule has 8 heteroatoms. The van der Waals surface area contributed by atoms with Gasteiger partial charge < -0.3 is 15.2 Å². The van der Waals surface area contributed by atoms with Gasteiger partial charge in [0.15, 0.2) is 0 Å². The summed E-state index contributed by atoms with van der Waals surface area (Å²) >= 11 is 5.98. The predicted octanol–water partition coefficient (Wildman–Crippen LogP) is 5.38. The molecular formula is C27H31ClN2O5. The van der Waals surface area contributed by atoms with E-state index in [2.05, 4.69) is 5.32 Å². The molecule has 186 valence electrons. The molecule has 1 aromatic heterocycles. The van der Waals surface area contributed by atoms with E-state index in [0.717, 1.165) is 36.6 Å². The number of carboxylic acids is 1. The molecule has 3 rings (SSSR count). The molecule has 0 saturated heterocycles. The SMILES string of the molecule is COc1ccc2c(c1)c(CC(=O)NCCCCCCCC(=O)O)c(C)n2C(=O)c1ccc(Cl)cc1. The molecule has 1 heterocycles. The minimum absolute atomic E-state index is 0.111. The summed E-state index contributed by atoms with van der Waals surface area (Å²) in [6.07, 6.45) is 4.63. The lowest BCUT2D eigenvalue weighted by Gasteiger charge is -2.08. The summed E-state index contributed by atoms with van der Waals surface area (Å²) in [7, 11) is 1.58. The third-order valence-electron chi connectivity index (χ3n) is 6.06. The van der Waals surface area contributed by atoms with E-state index in [0.29, 0.717) is 40.5 Å². The molecule has 0 spiro atoms. The number of amides is 1. The van der Waals surface area contributed by atoms with Crippen molar-refractivity contribution in [2.45, 2.75) is 51.9 Å². The van der Waals surface area contributed by atoms with Crippen LogP contribution in [0.4, 0.5) is 0 Å². The Balaban J connectivity index is 1.71. The zero-order valence-corrected chi connectivity index (χ0v) is 20.9. The minimum Gasteiger partial charge on any atom is -0.497 e. The first-order valence-corrected chi connectivity index (χ1v) is 12.2. The standard InChI is InChI=1S/C27H31ClN2O5/c1-18-22(17-25(31)29-15-7-5-3-4-6-8-26(32)33)23-16-21(35-2)13-14-24(23)30(18)27(34)19-9-11-20(28)12-10-19/h9-14,16H,3-8,15,17H2,1-2H3,(H,29,31)(H,32,33). The lowest BCUT2D eigenvalue weighted by atomic mass is 10.1. The van der Waals surface area contributed by atoms with Crippen LogP contribution in [0.25, 0.3) is 10.9 Å². The average molecular weight is 499 g/mol. The summed E-state index contributed by atoms with van der Waals surface area (Å²) in [5.41, 5.74) is 2.71. The average Bonchev–Trinajstić information content (AvgIpc) is 3.10. The van der Waals surface area contributed by atoms with Gasteiger partial charge in [0.2, 0.25) is 5.91 Å². The summed E-state index contributed by atoms with van der Waals surface area (Å²) < 4.78 is 7.02. The lowest BCUT2D eigenvalue weighted by molar-refractivity contribution is -0.137. The number of methoxy groups -OCH3 is 1. The molecule has 0 unspecified atom stereocenters. The van der Waals surface area contributed by atoms with Gasteiger partial charge in [0.05, 0.1) is 19.0 Å². The van der Waals surface area contributed by atoms with Gasteiger partial charge in [0.25, 0.3) is 5.91 Å². The number of nitrogens with zero attached hydrogens (tertiary/aromatic N) is 1. The van der Waals surface area contributed by atoms with Crippen LogP contribution in [0.5, 0.6) is 5.75 Å². The smallest absolute Gasteiger partial charge is 0.303 e. The molecule has 35 heavy (non-hydrogen) atoms. The Morgan fingerprint density at radius 1 is 1.00 bits per heavy atom. The Bertz CT molecular complexity index is 1200. The van der Waals surface area contributed by atoms with Crippen LogP contribution < -0.4 is 10.1 Å². The molecule has 2 aromatic carbocycles. The number of benzene rings is 2. The highest BCUT2D eigenvalue weighted by Gasteiger charge is 2.22. The number of hydrogen-bond donors (Lipinski definition) is 2. The monoisotopic (exact) mass is 498 g/mol. The first-order valence-electron chi connectivity index (χ1n) is 11.8. The molecule has 0 bridgehead atoms. The number of carbonyl (C=O) groups excluding carboxylic acids is 2. The Labute approximate surface area is 210 Å². The number of unbranched alkanes of at least 4 members (excludes halogenated alkanes) is 4. The number of rotatable bonds is 12. The Morgan fingerprint density at radius 3 is 2.37 bits per heavy atom. The van der Waals surface area contributed by atoms with Crippen molar-refractivity contribution in [2.75, 3.05) is 13.7 Å². The maximum atomic E-state index is 13.4. The number of hydrogen-bond acceptors (Lipinski definition) is 4. The first kappa shape index (κ1) is 26.3. The van der Waals surface area contributed by atoms with Gasteiger partial charge in [-0.25, -0.2) is 0 Å². The molecule has 0 atom stereocenters. The second kappa shape index (κ2) is 12.4. The molecule has 0 fully saturated rings. The first-order chi connectivity index (χ1) is 16.8. The van der Waals surface area contributed by atoms with Crippen LogP contribution in [0.1, 0.15) is 60.1 Å². The Hall–Kier alpha value is -3.32. The second-order valence-electron chi connectivity index (χ2n) is 8.53. The molecular weight excluding hydrogens is 468 g/mol. The molecule has 0 aliphatic heterocycles. The van der Waals surface area contributed by atoms with Crippen LogP contribution in [0.15, 0.2) is 42.5 Å². The molecule has 0 saturated carbocycles. The van der Waals surface area contributed by atoms with Crippen molar-refractivity contribution in [3.05, 3.63) is 64.3 Å². The highest BCUT2D eigenvalue weighted by atomic mass is 35.5. The summed E-state index contributed by atoms with van der Waals surface area (Å²) in [5, 5.41) is 13.0. The zero-order valence-electron chi connectivity index (χ0n) is 20.1. The number of aliphatic carboxylic acids is 1. The van der Waals surface area contributed by atoms with E-state index in [1.807, 2.05) is 19.1 Å². The van der Waals surface area contributed by atoms with E-state index in [1.54, 1.807) is 42.0 Å². The normalized spacial score (nSPS) is 10.9. The maximum absolute atomic E-state index is 13.4. The second-order valence-corrected chi connectivity index (χ2v) is 8.97. The van der Waals surface area contributed by atoms with Gasteiger partial charge in [0.1, 0.15) is 5.75 Å². The molecule has 1 amide bonds. The highest BCUT2D eigenvalue weighted by molar-refractivity contribution is 6.30. The van der Waals surface area contributed by atoms with Crippen molar-refractivity contribution >= 4 is 40.3 Å². The Morgan fingerprint density at radius 2 is 1.69 bits per heavy atom. The van der Waals surface area contributed by atoms with Gasteiger partial charge in [-0.05, 0) is 67.8 Å². The molecule has 0 aliphatic carbocycles. The number of fused-ring (bicyclic) bond motifs is 1. The van der Waals surface area contributed by atoms with E-state index in [9.17, 15) is 14.4 Å². The van der Waals surface area contributed by atoms with Gasteiger partial charge in [-0.15, -0.1) is 0 Å². The van der Waals surface area contributed by atoms with Crippen molar-refractivity contribution in [3.8, 4) is 5.75 Å². The third kappa shape index (κ3) is 6.85. The summed E-state index contributed by atoms with van der Waals surface area (Å²) in [6.45, 7) is 2.41. The minimum atomic E-state index is -0.763. The van der Waals surface area contributed by atoms with Crippen molar-refractivity contribution in [2.24, 2.45) is 0 Å². The summed E-state index contributed by atoms with van der Waals surface area (Å²) in [5.74, 6) is -0.414. The molecule has 0 aliphatic rings. The van der Waals surface area contributed by atoms with Crippen LogP contribution in [0.3, 0.4) is 0 Å². The molecule has 2 N–H and O–H groups in total. The van der Waals surface area contributed by atoms with Gasteiger partial charge in [0, 0.05) is 34.6 Å². The van der Waals surface area contributed by atoms with Crippen LogP contribution >= 0.6 is 11.6 Å². The Kier molecular flexibility index (Phi) is 9.32. The van der Waals surface area contributed by atoms with Crippen LogP contribution in [0.2, 0.25) is 5.02 Å². The van der Waals surface area contributed by atoms with Crippen molar-refractivity contribution in [1.29, 1.82) is 0 Å². The van der Waals surface area contributed by atoms with Gasteiger partial charge in [-0.3, -0.25) is 19.0 Å². The van der Waals surface area contributed by atoms with E-state index >= 15 is 0 Å². The molecule has 0 radical (unpaired) electrons. The van der Waals surface area contributed by atoms with E-state index in [-0.39, 0.29) is 24.7 Å². The number of carboxylic acid groups (broad SMARTS) is 1. The van der Waals surface area contributed by atoms with E-state index < -0.39 is 5.97 Å². The fraction of sp³-hybridized carbons (Fsp3) is 0.370. The van der Waals surface area contributed by atoms with Crippen LogP contribution in [0, 0.1) is 6.92 Å². The fourth-order valence-corrected chi connectivity index (χ4v) is 4.30. The third-order valence-corrected chi connectivity index (χ3v) is 6.32. The number of carbonyl (C=O) groups is 3. The van der Waals surface area contributed by atoms with Gasteiger partial charge in [-0.1, -0.05) is 30.9 Å². The van der Waals surface area contributed by atoms with Crippen molar-refractivity contribution in [3.63, 3.8) is 0 Å². The molecule has 7 nitrogen and oxygen atoms in total. The predicted molar refractivity (Wildman–Crippen MR) is 136 cm³/mol. The van der Waals surface area contributed by atoms with Crippen molar-refractivity contribution in [1.82, 2.24) is 9.88 Å². The number of ether oxygens (including phenoxy) is 1. The van der Waals surface area contributed by atoms with Crippen LogP contribution in [-0.4, -0.2) is 41.1 Å².